The predicted molar refractivity (Wildman–Crippen MR) is 62.8 cm³/mol. The Kier molecular flexibility index (Phi) is 7.03. The first-order valence-corrected chi connectivity index (χ1v) is 6.62. The average Bonchev–Trinajstić information content (AvgIpc) is 2.28. The summed E-state index contributed by atoms with van der Waals surface area (Å²) in [7, 11) is 0. The molecule has 0 aromatic carbocycles. The van der Waals surface area contributed by atoms with E-state index in [0.717, 1.165) is 31.6 Å². The summed E-state index contributed by atoms with van der Waals surface area (Å²) in [5.41, 5.74) is 0. The molecule has 0 heterocycles. The topological polar surface area (TPSA) is 40.5 Å². The molecule has 2 nitrogen and oxygen atoms in total. The monoisotopic (exact) mass is 214 g/mol. The van der Waals surface area contributed by atoms with E-state index >= 15 is 0 Å². The lowest BCUT2D eigenvalue weighted by Crippen LogP contribution is -2.12. The second-order valence-electron chi connectivity index (χ2n) is 4.95. The third kappa shape index (κ3) is 6.16. The third-order valence-electron chi connectivity index (χ3n) is 3.58. The van der Waals surface area contributed by atoms with Crippen molar-refractivity contribution in [2.45, 2.75) is 70.3 Å². The smallest absolute Gasteiger partial charge is 0.0540 e. The minimum absolute atomic E-state index is 0.126. The Bertz CT molecular complexity index is 141. The van der Waals surface area contributed by atoms with Crippen LogP contribution in [0.2, 0.25) is 0 Å². The zero-order valence-electron chi connectivity index (χ0n) is 9.83. The molecular weight excluding hydrogens is 188 g/mol. The van der Waals surface area contributed by atoms with E-state index in [1.165, 1.54) is 38.5 Å². The summed E-state index contributed by atoms with van der Waals surface area (Å²) >= 11 is 0. The highest BCUT2D eigenvalue weighted by Crippen LogP contribution is 2.28. The SMILES string of the molecule is OCCCCC(O)CCC1CCCCC1. The summed E-state index contributed by atoms with van der Waals surface area (Å²) in [6.07, 6.45) is 11.7. The Morgan fingerprint density at radius 1 is 1.00 bits per heavy atom. The molecule has 1 atom stereocenters. The molecule has 0 aromatic heterocycles. The molecule has 2 heteroatoms. The van der Waals surface area contributed by atoms with Gasteiger partial charge in [0.15, 0.2) is 0 Å². The molecule has 0 bridgehead atoms. The summed E-state index contributed by atoms with van der Waals surface area (Å²) in [5, 5.41) is 18.4. The Labute approximate surface area is 93.7 Å². The van der Waals surface area contributed by atoms with Crippen molar-refractivity contribution in [1.82, 2.24) is 0 Å². The molecule has 2 N–H and O–H groups in total. The summed E-state index contributed by atoms with van der Waals surface area (Å²) in [6, 6.07) is 0. The van der Waals surface area contributed by atoms with E-state index in [2.05, 4.69) is 0 Å². The van der Waals surface area contributed by atoms with Crippen molar-refractivity contribution in [1.29, 1.82) is 0 Å². The highest BCUT2D eigenvalue weighted by Gasteiger charge is 2.14. The van der Waals surface area contributed by atoms with E-state index in [0.29, 0.717) is 0 Å². The molecule has 1 aliphatic carbocycles. The van der Waals surface area contributed by atoms with E-state index < -0.39 is 0 Å². The van der Waals surface area contributed by atoms with Crippen molar-refractivity contribution in [3.8, 4) is 0 Å². The van der Waals surface area contributed by atoms with Gasteiger partial charge in [0, 0.05) is 6.61 Å². The summed E-state index contributed by atoms with van der Waals surface area (Å²) in [5.74, 6) is 0.881. The van der Waals surface area contributed by atoms with Crippen LogP contribution in [0, 0.1) is 5.92 Å². The van der Waals surface area contributed by atoms with Crippen molar-refractivity contribution >= 4 is 0 Å². The molecule has 0 spiro atoms. The van der Waals surface area contributed by atoms with E-state index in [4.69, 9.17) is 5.11 Å². The van der Waals surface area contributed by atoms with Crippen LogP contribution in [-0.4, -0.2) is 22.9 Å². The largest absolute Gasteiger partial charge is 0.396 e. The van der Waals surface area contributed by atoms with Crippen molar-refractivity contribution in [2.24, 2.45) is 5.92 Å². The van der Waals surface area contributed by atoms with Gasteiger partial charge in [-0.15, -0.1) is 0 Å². The van der Waals surface area contributed by atoms with Gasteiger partial charge in [-0.05, 0) is 38.0 Å². The number of hydrogen-bond acceptors (Lipinski definition) is 2. The van der Waals surface area contributed by atoms with Gasteiger partial charge in [-0.3, -0.25) is 0 Å². The van der Waals surface area contributed by atoms with Crippen LogP contribution in [0.15, 0.2) is 0 Å². The number of rotatable bonds is 7. The van der Waals surface area contributed by atoms with E-state index in [1.807, 2.05) is 0 Å². The standard InChI is InChI=1S/C13H26O2/c14-11-5-4-8-13(15)10-9-12-6-2-1-3-7-12/h12-15H,1-11H2. The lowest BCUT2D eigenvalue weighted by Gasteiger charge is -2.22. The highest BCUT2D eigenvalue weighted by molar-refractivity contribution is 4.68. The molecule has 0 aliphatic heterocycles. The fourth-order valence-electron chi connectivity index (χ4n) is 2.54. The Hall–Kier alpha value is -0.0800. The lowest BCUT2D eigenvalue weighted by molar-refractivity contribution is 0.134. The van der Waals surface area contributed by atoms with Crippen LogP contribution in [0.3, 0.4) is 0 Å². The number of aliphatic hydroxyl groups is 2. The fraction of sp³-hybridized carbons (Fsp3) is 1.00. The van der Waals surface area contributed by atoms with Crippen LogP contribution in [-0.2, 0) is 0 Å². The zero-order valence-corrected chi connectivity index (χ0v) is 9.83. The van der Waals surface area contributed by atoms with E-state index in [1.54, 1.807) is 0 Å². The van der Waals surface area contributed by atoms with Gasteiger partial charge < -0.3 is 10.2 Å². The van der Waals surface area contributed by atoms with Gasteiger partial charge in [-0.1, -0.05) is 32.1 Å². The first-order chi connectivity index (χ1) is 7.33. The molecule has 1 rings (SSSR count). The van der Waals surface area contributed by atoms with Gasteiger partial charge in [0.25, 0.3) is 0 Å². The molecule has 1 fully saturated rings. The van der Waals surface area contributed by atoms with Crippen LogP contribution >= 0.6 is 0 Å². The summed E-state index contributed by atoms with van der Waals surface area (Å²) < 4.78 is 0. The number of unbranched alkanes of at least 4 members (excludes halogenated alkanes) is 1. The first kappa shape index (κ1) is 13.0. The van der Waals surface area contributed by atoms with Gasteiger partial charge in [0.1, 0.15) is 0 Å². The van der Waals surface area contributed by atoms with Gasteiger partial charge in [0.05, 0.1) is 6.10 Å². The van der Waals surface area contributed by atoms with E-state index in [-0.39, 0.29) is 12.7 Å². The van der Waals surface area contributed by atoms with Crippen LogP contribution in [0.25, 0.3) is 0 Å². The third-order valence-corrected chi connectivity index (χ3v) is 3.58. The van der Waals surface area contributed by atoms with Crippen LogP contribution in [0.4, 0.5) is 0 Å². The molecule has 90 valence electrons. The van der Waals surface area contributed by atoms with Crippen LogP contribution < -0.4 is 0 Å². The summed E-state index contributed by atoms with van der Waals surface area (Å²) in [6.45, 7) is 0.259. The average molecular weight is 214 g/mol. The van der Waals surface area contributed by atoms with Gasteiger partial charge in [0.2, 0.25) is 0 Å². The van der Waals surface area contributed by atoms with Crippen molar-refractivity contribution in [3.05, 3.63) is 0 Å². The lowest BCUT2D eigenvalue weighted by atomic mass is 9.85. The van der Waals surface area contributed by atoms with Gasteiger partial charge in [-0.25, -0.2) is 0 Å². The normalized spacial score (nSPS) is 20.4. The molecule has 15 heavy (non-hydrogen) atoms. The molecule has 0 amide bonds. The molecule has 0 aromatic rings. The zero-order chi connectivity index (χ0) is 10.9. The maximum absolute atomic E-state index is 9.72. The minimum Gasteiger partial charge on any atom is -0.396 e. The quantitative estimate of drug-likeness (QED) is 0.640. The van der Waals surface area contributed by atoms with Crippen molar-refractivity contribution in [3.63, 3.8) is 0 Å². The predicted octanol–water partition coefficient (Wildman–Crippen LogP) is 2.87. The molecule has 1 saturated carbocycles. The van der Waals surface area contributed by atoms with E-state index in [9.17, 15) is 5.11 Å². The number of aliphatic hydroxyl groups excluding tert-OH is 2. The Balaban J connectivity index is 1.97. The van der Waals surface area contributed by atoms with Crippen molar-refractivity contribution < 1.29 is 10.2 Å². The van der Waals surface area contributed by atoms with Gasteiger partial charge >= 0.3 is 0 Å². The Morgan fingerprint density at radius 2 is 1.73 bits per heavy atom. The molecular formula is C13H26O2. The Morgan fingerprint density at radius 3 is 2.40 bits per heavy atom. The molecule has 1 unspecified atom stereocenters. The highest BCUT2D eigenvalue weighted by atomic mass is 16.3. The maximum atomic E-state index is 9.72. The number of hydrogen-bond donors (Lipinski definition) is 2. The van der Waals surface area contributed by atoms with Crippen LogP contribution in [0.5, 0.6) is 0 Å². The molecule has 0 radical (unpaired) electrons. The van der Waals surface area contributed by atoms with Crippen LogP contribution in [0.1, 0.15) is 64.2 Å². The summed E-state index contributed by atoms with van der Waals surface area (Å²) in [4.78, 5) is 0. The molecule has 1 aliphatic rings. The maximum Gasteiger partial charge on any atom is 0.0540 e. The molecule has 0 saturated heterocycles. The minimum atomic E-state index is -0.126. The van der Waals surface area contributed by atoms with Crippen molar-refractivity contribution in [2.75, 3.05) is 6.61 Å². The van der Waals surface area contributed by atoms with Gasteiger partial charge in [-0.2, -0.15) is 0 Å². The fourth-order valence-corrected chi connectivity index (χ4v) is 2.54. The second kappa shape index (κ2) is 8.12. The first-order valence-electron chi connectivity index (χ1n) is 6.62. The second-order valence-corrected chi connectivity index (χ2v) is 4.95.